The molecule has 2 heterocycles. The summed E-state index contributed by atoms with van der Waals surface area (Å²) in [4.78, 5) is 64.6. The van der Waals surface area contributed by atoms with Gasteiger partial charge >= 0.3 is 6.09 Å². The van der Waals surface area contributed by atoms with Crippen LogP contribution in [0.3, 0.4) is 0 Å². The molecule has 0 radical (unpaired) electrons. The Hall–Kier alpha value is -5.99. The van der Waals surface area contributed by atoms with E-state index in [-0.39, 0.29) is 31.1 Å². The second-order valence-electron chi connectivity index (χ2n) is 19.3. The Balaban J connectivity index is 1.25. The number of nitrogens with one attached hydrogen (secondary N) is 4. The predicted octanol–water partition coefficient (Wildman–Crippen LogP) is 7.92. The van der Waals surface area contributed by atoms with Crippen LogP contribution in [0.1, 0.15) is 89.6 Å². The third-order valence-corrected chi connectivity index (χ3v) is 12.6. The van der Waals surface area contributed by atoms with E-state index in [4.69, 9.17) is 19.5 Å². The highest BCUT2D eigenvalue weighted by Crippen LogP contribution is 2.25. The minimum atomic E-state index is -1.39. The summed E-state index contributed by atoms with van der Waals surface area (Å²) in [5, 5.41) is 20.7. The van der Waals surface area contributed by atoms with Crippen LogP contribution in [-0.2, 0) is 25.7 Å². The number of ether oxygens (including phenoxy) is 3. The number of guanidine groups is 1. The summed E-state index contributed by atoms with van der Waals surface area (Å²) in [6.07, 6.45) is 9.45. The Morgan fingerprint density at radius 3 is 2.27 bits per heavy atom. The average molecular weight is 926 g/mol. The average Bonchev–Trinajstić information content (AvgIpc) is 3.27. The van der Waals surface area contributed by atoms with Gasteiger partial charge in [0.15, 0.2) is 0 Å². The molecule has 2 aromatic carbocycles. The number of aliphatic imine (C=N–C) groups is 1. The Kier molecular flexibility index (Phi) is 20.4. The van der Waals surface area contributed by atoms with E-state index in [0.717, 1.165) is 62.5 Å². The van der Waals surface area contributed by atoms with Crippen molar-refractivity contribution in [2.24, 2.45) is 16.8 Å². The predicted molar refractivity (Wildman–Crippen MR) is 261 cm³/mol. The Morgan fingerprint density at radius 1 is 0.970 bits per heavy atom. The van der Waals surface area contributed by atoms with Gasteiger partial charge in [0.1, 0.15) is 36.8 Å². The molecule has 0 saturated carbocycles. The van der Waals surface area contributed by atoms with Gasteiger partial charge in [-0.25, -0.2) is 4.79 Å². The summed E-state index contributed by atoms with van der Waals surface area (Å²) in [6.45, 7) is 20.1. The molecular formula is C49H71N9O7Si. The maximum Gasteiger partial charge on any atom is 0.408 e. The number of nitrogens with zero attached hydrogens (tertiary/aromatic N) is 5. The van der Waals surface area contributed by atoms with Gasteiger partial charge in [-0.05, 0) is 119 Å². The molecule has 4 N–H and O–H groups in total. The van der Waals surface area contributed by atoms with E-state index in [1.54, 1.807) is 66.1 Å². The number of nitriles is 1. The minimum absolute atomic E-state index is 0.0000490. The van der Waals surface area contributed by atoms with Crippen molar-refractivity contribution in [2.75, 3.05) is 43.2 Å². The Bertz CT molecular complexity index is 2080. The number of hydrogen-bond donors (Lipinski definition) is 4. The molecule has 1 fully saturated rings. The lowest BCUT2D eigenvalue weighted by molar-refractivity contribution is -0.129. The van der Waals surface area contributed by atoms with Crippen molar-refractivity contribution in [1.82, 2.24) is 25.8 Å². The van der Waals surface area contributed by atoms with Crippen LogP contribution in [-0.4, -0.2) is 98.4 Å². The molecule has 4 rings (SSSR count). The van der Waals surface area contributed by atoms with Crippen molar-refractivity contribution >= 4 is 49.2 Å². The lowest BCUT2D eigenvalue weighted by Crippen LogP contribution is -2.55. The number of anilines is 2. The first-order valence-corrected chi connectivity index (χ1v) is 26.7. The maximum atomic E-state index is 14.0. The maximum absolute atomic E-state index is 14.0. The lowest BCUT2D eigenvalue weighted by atomic mass is 9.91. The molecule has 0 spiro atoms. The van der Waals surface area contributed by atoms with E-state index in [9.17, 15) is 19.2 Å². The fraction of sp³-hybridized carbons (Fsp3) is 0.531. The van der Waals surface area contributed by atoms with E-state index >= 15 is 0 Å². The largest absolute Gasteiger partial charge is 0.489 e. The van der Waals surface area contributed by atoms with Gasteiger partial charge in [0.05, 0.1) is 11.9 Å². The highest BCUT2D eigenvalue weighted by Gasteiger charge is 2.31. The van der Waals surface area contributed by atoms with Crippen LogP contribution in [0.15, 0.2) is 78.0 Å². The van der Waals surface area contributed by atoms with Crippen molar-refractivity contribution in [3.63, 3.8) is 0 Å². The Labute approximate surface area is 392 Å². The minimum Gasteiger partial charge on any atom is -0.489 e. The molecule has 1 aromatic heterocycles. The number of aromatic nitrogens is 1. The zero-order valence-electron chi connectivity index (χ0n) is 40.3. The lowest BCUT2D eigenvalue weighted by Gasteiger charge is -2.32. The smallest absolute Gasteiger partial charge is 0.408 e. The van der Waals surface area contributed by atoms with Gasteiger partial charge in [-0.2, -0.15) is 5.26 Å². The van der Waals surface area contributed by atoms with Gasteiger partial charge in [-0.15, -0.1) is 4.99 Å². The van der Waals surface area contributed by atoms with E-state index in [2.05, 4.69) is 50.9 Å². The van der Waals surface area contributed by atoms with Gasteiger partial charge in [-0.1, -0.05) is 58.5 Å². The highest BCUT2D eigenvalue weighted by atomic mass is 28.3. The van der Waals surface area contributed by atoms with Crippen LogP contribution in [0, 0.1) is 23.3 Å². The van der Waals surface area contributed by atoms with E-state index in [1.807, 2.05) is 59.6 Å². The standard InChI is InChI=1S/C49H71N9O7Si/c1-35(2)43(56-48(62)65-49(4,5)6)44(59)54-36(3)45(60)58(34-63-29-30-66(7,8)9)41-19-15-38(16-20-41)32-64-42-21-17-39(18-22-42)46(61)57-27-23-37(24-28-57)13-10-11-26-52-47(53-33-50)55-40-14-12-25-51-31-40/h12,14-22,25,31,35-37,43H,10-11,13,23-24,26-30,32,34H2,1-9H3,(H,54,59)(H,56,62)(H2,52,53,55)/t36-,43-/m0/s1. The molecule has 0 bridgehead atoms. The highest BCUT2D eigenvalue weighted by molar-refractivity contribution is 6.76. The van der Waals surface area contributed by atoms with Gasteiger partial charge in [0.25, 0.3) is 11.8 Å². The van der Waals surface area contributed by atoms with Crippen LogP contribution in [0.4, 0.5) is 16.2 Å². The second kappa shape index (κ2) is 25.6. The van der Waals surface area contributed by atoms with Crippen LogP contribution in [0.25, 0.3) is 0 Å². The van der Waals surface area contributed by atoms with Crippen LogP contribution >= 0.6 is 0 Å². The quantitative estimate of drug-likeness (QED) is 0.0202. The summed E-state index contributed by atoms with van der Waals surface area (Å²) in [6, 6.07) is 17.4. The van der Waals surface area contributed by atoms with E-state index < -0.39 is 37.8 Å². The molecule has 0 unspecified atom stereocenters. The van der Waals surface area contributed by atoms with Crippen molar-refractivity contribution in [2.45, 2.75) is 124 Å². The van der Waals surface area contributed by atoms with Gasteiger partial charge in [-0.3, -0.25) is 24.3 Å². The number of amides is 4. The molecule has 16 nitrogen and oxygen atoms in total. The third-order valence-electron chi connectivity index (χ3n) is 10.9. The first kappa shape index (κ1) is 52.6. The third kappa shape index (κ3) is 18.5. The molecule has 2 atom stereocenters. The number of hydrogen-bond acceptors (Lipinski definition) is 10. The molecule has 17 heteroatoms. The number of alkyl carbamates (subject to hydrolysis) is 1. The molecule has 1 saturated heterocycles. The summed E-state index contributed by atoms with van der Waals surface area (Å²) in [5.41, 5.74) is 2.10. The molecule has 66 heavy (non-hydrogen) atoms. The summed E-state index contributed by atoms with van der Waals surface area (Å²) in [7, 11) is -1.39. The number of pyridine rings is 1. The molecule has 1 aliphatic rings. The van der Waals surface area contributed by atoms with Crippen molar-refractivity contribution in [3.8, 4) is 11.9 Å². The zero-order valence-corrected chi connectivity index (χ0v) is 41.3. The van der Waals surface area contributed by atoms with Gasteiger partial charge in [0.2, 0.25) is 18.1 Å². The van der Waals surface area contributed by atoms with Crippen LogP contribution in [0.5, 0.6) is 5.75 Å². The first-order valence-electron chi connectivity index (χ1n) is 23.0. The van der Waals surface area contributed by atoms with Gasteiger partial charge in [0, 0.05) is 51.8 Å². The van der Waals surface area contributed by atoms with Gasteiger partial charge < -0.3 is 40.4 Å². The molecule has 0 aliphatic carbocycles. The molecule has 3 aromatic rings. The Morgan fingerprint density at radius 2 is 1.67 bits per heavy atom. The van der Waals surface area contributed by atoms with Crippen LogP contribution < -0.4 is 30.9 Å². The second-order valence-corrected chi connectivity index (χ2v) is 24.9. The number of piperidine rings is 1. The fourth-order valence-electron chi connectivity index (χ4n) is 7.11. The number of carbonyl (C=O) groups excluding carboxylic acids is 4. The van der Waals surface area contributed by atoms with E-state index in [0.29, 0.717) is 42.0 Å². The summed E-state index contributed by atoms with van der Waals surface area (Å²) in [5.74, 6) is 0.476. The van der Waals surface area contributed by atoms with Crippen LogP contribution in [0.2, 0.25) is 25.7 Å². The normalized spacial score (nSPS) is 14.4. The number of likely N-dealkylation sites (tertiary alicyclic amines) is 1. The zero-order chi connectivity index (χ0) is 48.3. The monoisotopic (exact) mass is 926 g/mol. The van der Waals surface area contributed by atoms with Crippen molar-refractivity contribution < 1.29 is 33.4 Å². The SMILES string of the molecule is CC(C)[C@H](NC(=O)OC(C)(C)C)C(=O)N[C@@H](C)C(=O)N(COCC[Si](C)(C)C)c1ccc(COc2ccc(C(=O)N3CCC(CCCCN/C(=N\C#N)Nc4cccnc4)CC3)cc2)cc1. The topological polar surface area (TPSA) is 200 Å². The number of rotatable bonds is 21. The number of benzene rings is 2. The molecule has 4 amide bonds. The summed E-state index contributed by atoms with van der Waals surface area (Å²) >= 11 is 0. The number of unbranched alkanes of at least 4 members (excludes halogenated alkanes) is 1. The molecular weight excluding hydrogens is 855 g/mol. The van der Waals surface area contributed by atoms with E-state index in [1.165, 1.54) is 4.90 Å². The fourth-order valence-corrected chi connectivity index (χ4v) is 7.86. The molecule has 1 aliphatic heterocycles. The van der Waals surface area contributed by atoms with Crippen molar-refractivity contribution in [1.29, 1.82) is 5.26 Å². The molecule has 358 valence electrons. The summed E-state index contributed by atoms with van der Waals surface area (Å²) < 4.78 is 17.5. The number of carbonyl (C=O) groups is 4. The van der Waals surface area contributed by atoms with Crippen molar-refractivity contribution in [3.05, 3.63) is 84.2 Å². The first-order chi connectivity index (χ1) is 31.3.